The molecule has 0 radical (unpaired) electrons. The Bertz CT molecular complexity index is 1040. The molecule has 0 atom stereocenters. The second-order valence-corrected chi connectivity index (χ2v) is 8.21. The van der Waals surface area contributed by atoms with Crippen LogP contribution in [0.15, 0.2) is 70.2 Å². The highest BCUT2D eigenvalue weighted by Crippen LogP contribution is 2.31. The molecule has 1 amide bonds. The lowest BCUT2D eigenvalue weighted by molar-refractivity contribution is -0.115. The standard InChI is InChI=1S/C19H12BrN3OS2/c20-14-6-4-5-12(9-14)17-13(10-16-18(24)21-19(25)26-16)11-23(22-17)15-7-2-1-3-8-15/h1-11H,(H,21,24,25). The third kappa shape index (κ3) is 3.51. The van der Waals surface area contributed by atoms with Gasteiger partial charge in [-0.15, -0.1) is 0 Å². The third-order valence-corrected chi connectivity index (χ3v) is 5.45. The Morgan fingerprint density at radius 3 is 2.65 bits per heavy atom. The molecule has 0 bridgehead atoms. The zero-order valence-electron chi connectivity index (χ0n) is 13.3. The van der Waals surface area contributed by atoms with Gasteiger partial charge >= 0.3 is 0 Å². The number of carbonyl (C=O) groups is 1. The smallest absolute Gasteiger partial charge is 0.263 e. The van der Waals surface area contributed by atoms with Crippen molar-refractivity contribution in [1.82, 2.24) is 15.1 Å². The number of thiocarbonyl (C=S) groups is 1. The molecule has 0 spiro atoms. The minimum Gasteiger partial charge on any atom is -0.307 e. The van der Waals surface area contributed by atoms with E-state index in [0.29, 0.717) is 9.23 Å². The van der Waals surface area contributed by atoms with Gasteiger partial charge in [0, 0.05) is 21.8 Å². The Labute approximate surface area is 168 Å². The third-order valence-electron chi connectivity index (χ3n) is 3.79. The second-order valence-electron chi connectivity index (χ2n) is 5.58. The first kappa shape index (κ1) is 17.2. The number of carbonyl (C=O) groups excluding carboxylic acids is 1. The van der Waals surface area contributed by atoms with E-state index in [4.69, 9.17) is 17.3 Å². The maximum absolute atomic E-state index is 12.0. The Hall–Kier alpha value is -2.22. The summed E-state index contributed by atoms with van der Waals surface area (Å²) in [5, 5.41) is 7.40. The number of benzene rings is 2. The highest BCUT2D eigenvalue weighted by atomic mass is 79.9. The molecule has 3 aromatic rings. The Morgan fingerprint density at radius 1 is 1.15 bits per heavy atom. The number of para-hydroxylation sites is 1. The average molecular weight is 442 g/mol. The lowest BCUT2D eigenvalue weighted by Gasteiger charge is -2.01. The van der Waals surface area contributed by atoms with Crippen molar-refractivity contribution in [3.05, 3.63) is 75.7 Å². The molecule has 1 aromatic heterocycles. The highest BCUT2D eigenvalue weighted by Gasteiger charge is 2.23. The molecule has 1 saturated heterocycles. The predicted octanol–water partition coefficient (Wildman–Crippen LogP) is 4.79. The van der Waals surface area contributed by atoms with Gasteiger partial charge in [-0.05, 0) is 30.3 Å². The van der Waals surface area contributed by atoms with E-state index < -0.39 is 0 Å². The minimum absolute atomic E-state index is 0.173. The summed E-state index contributed by atoms with van der Waals surface area (Å²) in [4.78, 5) is 12.6. The van der Waals surface area contributed by atoms with Crippen LogP contribution in [0.25, 0.3) is 23.0 Å². The highest BCUT2D eigenvalue weighted by molar-refractivity contribution is 9.10. The van der Waals surface area contributed by atoms with Crippen molar-refractivity contribution in [1.29, 1.82) is 0 Å². The molecule has 2 aromatic carbocycles. The number of amides is 1. The molecule has 0 saturated carbocycles. The molecule has 0 aliphatic carbocycles. The van der Waals surface area contributed by atoms with Crippen LogP contribution in [0.1, 0.15) is 5.56 Å². The Morgan fingerprint density at radius 2 is 1.96 bits per heavy atom. The van der Waals surface area contributed by atoms with Gasteiger partial charge in [-0.1, -0.05) is 70.2 Å². The van der Waals surface area contributed by atoms with Crippen LogP contribution in [0.3, 0.4) is 0 Å². The monoisotopic (exact) mass is 441 g/mol. The summed E-state index contributed by atoms with van der Waals surface area (Å²) in [6, 6.07) is 17.8. The number of aromatic nitrogens is 2. The van der Waals surface area contributed by atoms with Crippen LogP contribution < -0.4 is 5.32 Å². The van der Waals surface area contributed by atoms with E-state index in [-0.39, 0.29) is 5.91 Å². The number of nitrogens with zero attached hydrogens (tertiary/aromatic N) is 2. The largest absolute Gasteiger partial charge is 0.307 e. The van der Waals surface area contributed by atoms with Crippen LogP contribution in [0.5, 0.6) is 0 Å². The summed E-state index contributed by atoms with van der Waals surface area (Å²) in [5.41, 5.74) is 3.57. The lowest BCUT2D eigenvalue weighted by Crippen LogP contribution is -2.17. The van der Waals surface area contributed by atoms with Gasteiger partial charge < -0.3 is 5.32 Å². The predicted molar refractivity (Wildman–Crippen MR) is 113 cm³/mol. The summed E-state index contributed by atoms with van der Waals surface area (Å²) in [7, 11) is 0. The van der Waals surface area contributed by atoms with E-state index >= 15 is 0 Å². The maximum atomic E-state index is 12.0. The second kappa shape index (κ2) is 7.19. The summed E-state index contributed by atoms with van der Waals surface area (Å²) >= 11 is 9.85. The summed E-state index contributed by atoms with van der Waals surface area (Å²) in [5.74, 6) is -0.173. The van der Waals surface area contributed by atoms with Crippen LogP contribution in [-0.4, -0.2) is 20.0 Å². The van der Waals surface area contributed by atoms with Crippen LogP contribution in [0.2, 0.25) is 0 Å². The zero-order chi connectivity index (χ0) is 18.1. The van der Waals surface area contributed by atoms with Gasteiger partial charge in [-0.25, -0.2) is 4.68 Å². The van der Waals surface area contributed by atoms with Crippen molar-refractivity contribution < 1.29 is 4.79 Å². The number of hydrogen-bond donors (Lipinski definition) is 1. The van der Waals surface area contributed by atoms with Gasteiger partial charge in [-0.2, -0.15) is 5.10 Å². The van der Waals surface area contributed by atoms with Crippen molar-refractivity contribution >= 4 is 56.2 Å². The first-order chi connectivity index (χ1) is 12.6. The van der Waals surface area contributed by atoms with Gasteiger partial charge in [0.15, 0.2) is 0 Å². The van der Waals surface area contributed by atoms with Gasteiger partial charge in [0.25, 0.3) is 5.91 Å². The summed E-state index contributed by atoms with van der Waals surface area (Å²) in [6.45, 7) is 0. The van der Waals surface area contributed by atoms with Crippen LogP contribution >= 0.6 is 39.9 Å². The van der Waals surface area contributed by atoms with E-state index in [2.05, 4.69) is 21.2 Å². The maximum Gasteiger partial charge on any atom is 0.263 e. The van der Waals surface area contributed by atoms with E-state index in [1.807, 2.05) is 71.6 Å². The van der Waals surface area contributed by atoms with Crippen molar-refractivity contribution in [2.75, 3.05) is 0 Å². The Kier molecular flexibility index (Phi) is 4.76. The summed E-state index contributed by atoms with van der Waals surface area (Å²) in [6.07, 6.45) is 3.76. The van der Waals surface area contributed by atoms with Gasteiger partial charge in [0.1, 0.15) is 10.0 Å². The number of halogens is 1. The molecule has 4 nitrogen and oxygen atoms in total. The van der Waals surface area contributed by atoms with Crippen molar-refractivity contribution in [3.8, 4) is 16.9 Å². The van der Waals surface area contributed by atoms with E-state index in [1.54, 1.807) is 0 Å². The fourth-order valence-electron chi connectivity index (χ4n) is 2.63. The molecule has 2 heterocycles. The molecule has 7 heteroatoms. The molecule has 1 fully saturated rings. The van der Waals surface area contributed by atoms with E-state index in [0.717, 1.165) is 27.0 Å². The molecule has 1 aliphatic heterocycles. The number of hydrogen-bond acceptors (Lipinski definition) is 4. The SMILES string of the molecule is O=C1NC(=S)SC1=Cc1cn(-c2ccccc2)nc1-c1cccc(Br)c1. The molecular formula is C19H12BrN3OS2. The fraction of sp³-hybridized carbons (Fsp3) is 0. The normalized spacial score (nSPS) is 15.5. The van der Waals surface area contributed by atoms with Crippen molar-refractivity contribution in [2.45, 2.75) is 0 Å². The topological polar surface area (TPSA) is 46.9 Å². The number of thioether (sulfide) groups is 1. The van der Waals surface area contributed by atoms with Crippen molar-refractivity contribution in [2.24, 2.45) is 0 Å². The average Bonchev–Trinajstić information content (AvgIpc) is 3.19. The molecule has 1 aliphatic rings. The van der Waals surface area contributed by atoms with E-state index in [9.17, 15) is 4.79 Å². The summed E-state index contributed by atoms with van der Waals surface area (Å²) < 4.78 is 3.26. The lowest BCUT2D eigenvalue weighted by atomic mass is 10.1. The van der Waals surface area contributed by atoms with Crippen LogP contribution in [0.4, 0.5) is 0 Å². The first-order valence-electron chi connectivity index (χ1n) is 7.76. The van der Waals surface area contributed by atoms with E-state index in [1.165, 1.54) is 11.8 Å². The minimum atomic E-state index is -0.173. The molecule has 0 unspecified atom stereocenters. The van der Waals surface area contributed by atoms with Crippen molar-refractivity contribution in [3.63, 3.8) is 0 Å². The van der Waals surface area contributed by atoms with Crippen LogP contribution in [0, 0.1) is 0 Å². The molecule has 1 N–H and O–H groups in total. The van der Waals surface area contributed by atoms with Crippen LogP contribution in [-0.2, 0) is 4.79 Å². The zero-order valence-corrected chi connectivity index (χ0v) is 16.6. The molecule has 128 valence electrons. The first-order valence-corrected chi connectivity index (χ1v) is 9.78. The molecular weight excluding hydrogens is 430 g/mol. The fourth-order valence-corrected chi connectivity index (χ4v) is 4.06. The van der Waals surface area contributed by atoms with Gasteiger partial charge in [-0.3, -0.25) is 4.79 Å². The number of rotatable bonds is 3. The number of nitrogens with one attached hydrogen (secondary N) is 1. The quantitative estimate of drug-likeness (QED) is 0.468. The van der Waals surface area contributed by atoms with Gasteiger partial charge in [0.2, 0.25) is 0 Å². The molecule has 4 rings (SSSR count). The Balaban J connectivity index is 1.86. The molecule has 26 heavy (non-hydrogen) atoms. The van der Waals surface area contributed by atoms with Gasteiger partial charge in [0.05, 0.1) is 10.6 Å².